The van der Waals surface area contributed by atoms with Crippen LogP contribution in [-0.4, -0.2) is 24.8 Å². The highest BCUT2D eigenvalue weighted by Crippen LogP contribution is 2.21. The van der Waals surface area contributed by atoms with Gasteiger partial charge < -0.3 is 10.1 Å². The molecule has 0 spiro atoms. The fourth-order valence-electron chi connectivity index (χ4n) is 1.37. The predicted octanol–water partition coefficient (Wildman–Crippen LogP) is 3.61. The molecule has 0 aliphatic rings. The lowest BCUT2D eigenvalue weighted by Gasteiger charge is -2.28. The summed E-state index contributed by atoms with van der Waals surface area (Å²) in [5.41, 5.74) is 0.361. The zero-order valence-corrected chi connectivity index (χ0v) is 12.3. The third-order valence-electron chi connectivity index (χ3n) is 2.62. The lowest BCUT2D eigenvalue weighted by molar-refractivity contribution is -0.0327. The van der Waals surface area contributed by atoms with Crippen molar-refractivity contribution in [3.05, 3.63) is 0 Å². The van der Waals surface area contributed by atoms with Crippen molar-refractivity contribution >= 4 is 0 Å². The monoisotopic (exact) mass is 229 g/mol. The van der Waals surface area contributed by atoms with Crippen LogP contribution >= 0.6 is 0 Å². The van der Waals surface area contributed by atoms with Crippen molar-refractivity contribution in [2.45, 2.75) is 73.0 Å². The van der Waals surface area contributed by atoms with E-state index in [1.165, 1.54) is 0 Å². The van der Waals surface area contributed by atoms with Gasteiger partial charge in [-0.05, 0) is 38.6 Å². The first-order valence-corrected chi connectivity index (χ1v) is 6.50. The van der Waals surface area contributed by atoms with Crippen LogP contribution < -0.4 is 5.32 Å². The Morgan fingerprint density at radius 3 is 2.00 bits per heavy atom. The second kappa shape index (κ2) is 6.61. The molecule has 0 aliphatic carbocycles. The molecule has 0 bridgehead atoms. The molecule has 0 atom stereocenters. The lowest BCUT2D eigenvalue weighted by Crippen LogP contribution is -2.33. The molecule has 0 aromatic carbocycles. The third kappa shape index (κ3) is 10.4. The van der Waals surface area contributed by atoms with Crippen LogP contribution in [0.4, 0.5) is 0 Å². The summed E-state index contributed by atoms with van der Waals surface area (Å²) in [6.07, 6.45) is 2.18. The van der Waals surface area contributed by atoms with Gasteiger partial charge >= 0.3 is 0 Å². The van der Waals surface area contributed by atoms with Crippen LogP contribution in [0.3, 0.4) is 0 Å². The SMILES string of the molecule is CC(C)NCCC(C)(C)OCCC(C)(C)C. The molecular formula is C14H31NO. The molecule has 0 aromatic heterocycles. The fraction of sp³-hybridized carbons (Fsp3) is 1.00. The van der Waals surface area contributed by atoms with Gasteiger partial charge in [0.15, 0.2) is 0 Å². The topological polar surface area (TPSA) is 21.3 Å². The maximum Gasteiger partial charge on any atom is 0.0638 e. The Bertz CT molecular complexity index is 180. The first-order chi connectivity index (χ1) is 7.12. The average Bonchev–Trinajstić information content (AvgIpc) is 1.99. The number of nitrogens with one attached hydrogen (secondary N) is 1. The van der Waals surface area contributed by atoms with Crippen molar-refractivity contribution in [1.29, 1.82) is 0 Å². The summed E-state index contributed by atoms with van der Waals surface area (Å²) in [6, 6.07) is 0.561. The minimum Gasteiger partial charge on any atom is -0.376 e. The molecule has 0 fully saturated rings. The Kier molecular flexibility index (Phi) is 6.57. The van der Waals surface area contributed by atoms with E-state index in [-0.39, 0.29) is 5.60 Å². The van der Waals surface area contributed by atoms with Crippen LogP contribution in [0.15, 0.2) is 0 Å². The highest BCUT2D eigenvalue weighted by atomic mass is 16.5. The number of rotatable bonds is 7. The smallest absolute Gasteiger partial charge is 0.0638 e. The molecule has 0 amide bonds. The van der Waals surface area contributed by atoms with Gasteiger partial charge in [0.1, 0.15) is 0 Å². The third-order valence-corrected chi connectivity index (χ3v) is 2.62. The van der Waals surface area contributed by atoms with E-state index in [0.717, 1.165) is 26.0 Å². The van der Waals surface area contributed by atoms with Gasteiger partial charge in [-0.25, -0.2) is 0 Å². The van der Waals surface area contributed by atoms with Crippen molar-refractivity contribution in [2.75, 3.05) is 13.2 Å². The largest absolute Gasteiger partial charge is 0.376 e. The zero-order valence-electron chi connectivity index (χ0n) is 12.3. The molecule has 16 heavy (non-hydrogen) atoms. The molecular weight excluding hydrogens is 198 g/mol. The second-order valence-electron chi connectivity index (χ2n) is 6.78. The quantitative estimate of drug-likeness (QED) is 0.720. The molecule has 0 saturated carbocycles. The summed E-state index contributed by atoms with van der Waals surface area (Å²) in [5.74, 6) is 0. The van der Waals surface area contributed by atoms with Crippen LogP contribution in [0.5, 0.6) is 0 Å². The first kappa shape index (κ1) is 15.9. The molecule has 0 rings (SSSR count). The lowest BCUT2D eigenvalue weighted by atomic mass is 9.93. The minimum atomic E-state index is -0.00681. The van der Waals surface area contributed by atoms with Gasteiger partial charge in [0.05, 0.1) is 5.60 Å². The normalized spacial score (nSPS) is 13.5. The summed E-state index contributed by atoms with van der Waals surface area (Å²) in [6.45, 7) is 17.4. The second-order valence-corrected chi connectivity index (χ2v) is 6.78. The summed E-state index contributed by atoms with van der Waals surface area (Å²) < 4.78 is 5.95. The first-order valence-electron chi connectivity index (χ1n) is 6.50. The van der Waals surface area contributed by atoms with Crippen molar-refractivity contribution in [3.63, 3.8) is 0 Å². The van der Waals surface area contributed by atoms with E-state index in [1.807, 2.05) is 0 Å². The number of hydrogen-bond acceptors (Lipinski definition) is 2. The van der Waals surface area contributed by atoms with Crippen LogP contribution in [-0.2, 0) is 4.74 Å². The Labute approximate surface area is 102 Å². The van der Waals surface area contributed by atoms with E-state index in [9.17, 15) is 0 Å². The number of hydrogen-bond donors (Lipinski definition) is 1. The van der Waals surface area contributed by atoms with Gasteiger partial charge in [0.25, 0.3) is 0 Å². The Balaban J connectivity index is 3.70. The van der Waals surface area contributed by atoms with Gasteiger partial charge in [0, 0.05) is 12.6 Å². The fourth-order valence-corrected chi connectivity index (χ4v) is 1.37. The van der Waals surface area contributed by atoms with E-state index in [1.54, 1.807) is 0 Å². The molecule has 0 radical (unpaired) electrons. The van der Waals surface area contributed by atoms with Gasteiger partial charge in [-0.3, -0.25) is 0 Å². The van der Waals surface area contributed by atoms with E-state index in [4.69, 9.17) is 4.74 Å². The highest BCUT2D eigenvalue weighted by Gasteiger charge is 2.19. The molecule has 0 saturated heterocycles. The molecule has 2 heteroatoms. The molecule has 98 valence electrons. The minimum absolute atomic E-state index is 0.00681. The Morgan fingerprint density at radius 1 is 1.00 bits per heavy atom. The van der Waals surface area contributed by atoms with E-state index in [2.05, 4.69) is 53.8 Å². The molecule has 2 nitrogen and oxygen atoms in total. The maximum absolute atomic E-state index is 5.95. The maximum atomic E-state index is 5.95. The van der Waals surface area contributed by atoms with Gasteiger partial charge in [-0.2, -0.15) is 0 Å². The van der Waals surface area contributed by atoms with E-state index in [0.29, 0.717) is 11.5 Å². The zero-order chi connectivity index (χ0) is 12.8. The van der Waals surface area contributed by atoms with Gasteiger partial charge in [-0.15, -0.1) is 0 Å². The summed E-state index contributed by atoms with van der Waals surface area (Å²) in [5, 5.41) is 3.43. The standard InChI is InChI=1S/C14H31NO/c1-12(2)15-10-8-14(6,7)16-11-9-13(3,4)5/h12,15H,8-11H2,1-7H3. The van der Waals surface area contributed by atoms with Crippen LogP contribution in [0, 0.1) is 5.41 Å². The van der Waals surface area contributed by atoms with Crippen LogP contribution in [0.1, 0.15) is 61.3 Å². The van der Waals surface area contributed by atoms with Crippen molar-refractivity contribution < 1.29 is 4.74 Å². The molecule has 1 N–H and O–H groups in total. The Hall–Kier alpha value is -0.0800. The molecule has 0 aromatic rings. The van der Waals surface area contributed by atoms with Crippen LogP contribution in [0.2, 0.25) is 0 Å². The van der Waals surface area contributed by atoms with Crippen LogP contribution in [0.25, 0.3) is 0 Å². The summed E-state index contributed by atoms with van der Waals surface area (Å²) in [4.78, 5) is 0. The molecule has 0 unspecified atom stereocenters. The molecule has 0 aliphatic heterocycles. The highest BCUT2D eigenvalue weighted by molar-refractivity contribution is 4.71. The summed E-state index contributed by atoms with van der Waals surface area (Å²) in [7, 11) is 0. The Morgan fingerprint density at radius 2 is 1.56 bits per heavy atom. The van der Waals surface area contributed by atoms with Gasteiger partial charge in [-0.1, -0.05) is 34.6 Å². The van der Waals surface area contributed by atoms with E-state index >= 15 is 0 Å². The van der Waals surface area contributed by atoms with Crippen molar-refractivity contribution in [2.24, 2.45) is 5.41 Å². The van der Waals surface area contributed by atoms with Gasteiger partial charge in [0.2, 0.25) is 0 Å². The van der Waals surface area contributed by atoms with E-state index < -0.39 is 0 Å². The predicted molar refractivity (Wildman–Crippen MR) is 71.9 cm³/mol. The van der Waals surface area contributed by atoms with Crippen molar-refractivity contribution in [1.82, 2.24) is 5.32 Å². The molecule has 0 heterocycles. The van der Waals surface area contributed by atoms with Crippen molar-refractivity contribution in [3.8, 4) is 0 Å². The summed E-state index contributed by atoms with van der Waals surface area (Å²) >= 11 is 0. The average molecular weight is 229 g/mol. The number of ether oxygens (including phenoxy) is 1.